The van der Waals surface area contributed by atoms with E-state index in [0.717, 1.165) is 36.1 Å². The van der Waals surface area contributed by atoms with E-state index < -0.39 is 17.2 Å². The van der Waals surface area contributed by atoms with Crippen LogP contribution < -0.4 is 21.1 Å². The quantitative estimate of drug-likeness (QED) is 0.317. The van der Waals surface area contributed by atoms with Gasteiger partial charge in [-0.2, -0.15) is 0 Å². The number of halogens is 2. The summed E-state index contributed by atoms with van der Waals surface area (Å²) in [6.07, 6.45) is 3.72. The van der Waals surface area contributed by atoms with E-state index in [4.69, 9.17) is 10.5 Å². The molecular weight excluding hydrogens is 478 g/mol. The number of fused-ring (bicyclic) bond motifs is 1. The molecule has 0 bridgehead atoms. The van der Waals surface area contributed by atoms with Crippen molar-refractivity contribution in [3.05, 3.63) is 71.4 Å². The Balaban J connectivity index is 1.54. The average Bonchev–Trinajstić information content (AvgIpc) is 3.54. The van der Waals surface area contributed by atoms with Crippen LogP contribution in [-0.2, 0) is 0 Å². The highest BCUT2D eigenvalue weighted by Crippen LogP contribution is 2.30. The van der Waals surface area contributed by atoms with Crippen LogP contribution >= 0.6 is 0 Å². The maximum absolute atomic E-state index is 13.8. The summed E-state index contributed by atoms with van der Waals surface area (Å²) in [6.45, 7) is 6.09. The van der Waals surface area contributed by atoms with Gasteiger partial charge in [0, 0.05) is 41.4 Å². The van der Waals surface area contributed by atoms with Crippen LogP contribution in [0.3, 0.4) is 0 Å². The average molecular weight is 507 g/mol. The second kappa shape index (κ2) is 9.44. The zero-order valence-electron chi connectivity index (χ0n) is 20.8. The molecule has 1 fully saturated rings. The smallest absolute Gasteiger partial charge is 0.251 e. The minimum Gasteiger partial charge on any atom is -0.437 e. The fraction of sp³-hybridized carbons (Fsp3) is 0.296. The minimum atomic E-state index is -1.02. The van der Waals surface area contributed by atoms with Crippen molar-refractivity contribution in [2.75, 3.05) is 11.9 Å². The molecule has 0 spiro atoms. The van der Waals surface area contributed by atoms with Gasteiger partial charge < -0.3 is 21.1 Å². The van der Waals surface area contributed by atoms with Crippen LogP contribution in [0.5, 0.6) is 11.6 Å². The number of amides is 1. The zero-order valence-corrected chi connectivity index (χ0v) is 20.8. The second-order valence-corrected chi connectivity index (χ2v) is 10.1. The van der Waals surface area contributed by atoms with Crippen molar-refractivity contribution in [3.63, 3.8) is 0 Å². The van der Waals surface area contributed by atoms with E-state index in [1.165, 1.54) is 6.07 Å². The lowest BCUT2D eigenvalue weighted by Gasteiger charge is -2.20. The first-order valence-electron chi connectivity index (χ1n) is 12.0. The molecule has 0 aliphatic heterocycles. The van der Waals surface area contributed by atoms with Crippen LogP contribution in [0.4, 0.5) is 14.5 Å². The summed E-state index contributed by atoms with van der Waals surface area (Å²) in [5.74, 6) is -1.83. The number of benzene rings is 2. The molecular formula is C27H28F2N6O2. The maximum Gasteiger partial charge on any atom is 0.251 e. The number of carbonyl (C=O) groups is 1. The Labute approximate surface area is 212 Å². The van der Waals surface area contributed by atoms with Gasteiger partial charge in [0.2, 0.25) is 5.88 Å². The van der Waals surface area contributed by atoms with Crippen LogP contribution in [-0.4, -0.2) is 38.6 Å². The minimum absolute atomic E-state index is 0.0825. The molecule has 4 aromatic rings. The Morgan fingerprint density at radius 3 is 2.62 bits per heavy atom. The summed E-state index contributed by atoms with van der Waals surface area (Å²) in [5, 5.41) is 10.9. The Morgan fingerprint density at radius 1 is 1.16 bits per heavy atom. The van der Waals surface area contributed by atoms with Crippen molar-refractivity contribution >= 4 is 17.2 Å². The van der Waals surface area contributed by atoms with E-state index >= 15 is 0 Å². The summed E-state index contributed by atoms with van der Waals surface area (Å²) in [5.41, 5.74) is 9.69. The first kappa shape index (κ1) is 24.6. The molecule has 0 radical (unpaired) electrons. The van der Waals surface area contributed by atoms with Crippen molar-refractivity contribution in [1.82, 2.24) is 19.9 Å². The molecule has 1 aliphatic carbocycles. The van der Waals surface area contributed by atoms with E-state index in [1.807, 2.05) is 32.9 Å². The number of nitrogens with one attached hydrogen (secondary N) is 2. The van der Waals surface area contributed by atoms with Crippen molar-refractivity contribution in [3.8, 4) is 22.9 Å². The lowest BCUT2D eigenvalue weighted by atomic mass is 10.0. The molecule has 37 heavy (non-hydrogen) atoms. The fourth-order valence-electron chi connectivity index (χ4n) is 3.88. The highest BCUT2D eigenvalue weighted by Gasteiger charge is 2.25. The molecule has 0 saturated heterocycles. The Kier molecular flexibility index (Phi) is 6.28. The number of hydrogen-bond donors (Lipinski definition) is 3. The number of nitrogens with two attached hydrogens (primary N) is 1. The second-order valence-electron chi connectivity index (χ2n) is 10.1. The Hall–Kier alpha value is -4.05. The molecule has 2 aromatic carbocycles. The molecule has 2 aromatic heterocycles. The number of carbonyl (C=O) groups excluding carboxylic acids is 1. The van der Waals surface area contributed by atoms with Crippen molar-refractivity contribution in [1.29, 1.82) is 0 Å². The van der Waals surface area contributed by atoms with Gasteiger partial charge in [-0.15, -0.1) is 5.10 Å². The number of hydrogen-bond acceptors (Lipinski definition) is 6. The fourth-order valence-corrected chi connectivity index (χ4v) is 3.88. The van der Waals surface area contributed by atoms with E-state index in [-0.39, 0.29) is 23.6 Å². The third kappa shape index (κ3) is 5.54. The predicted octanol–water partition coefficient (Wildman–Crippen LogP) is 4.82. The molecule has 2 heterocycles. The topological polar surface area (TPSA) is 107 Å². The molecule has 0 atom stereocenters. The van der Waals surface area contributed by atoms with Crippen LogP contribution in [0, 0.1) is 18.6 Å². The van der Waals surface area contributed by atoms with Crippen molar-refractivity contribution in [2.24, 2.45) is 5.73 Å². The lowest BCUT2D eigenvalue weighted by Crippen LogP contribution is -2.39. The molecule has 192 valence electrons. The van der Waals surface area contributed by atoms with E-state index in [2.05, 4.69) is 20.7 Å². The third-order valence-electron chi connectivity index (χ3n) is 5.97. The van der Waals surface area contributed by atoms with Gasteiger partial charge >= 0.3 is 0 Å². The third-order valence-corrected chi connectivity index (χ3v) is 5.97. The van der Waals surface area contributed by atoms with Crippen LogP contribution in [0.2, 0.25) is 0 Å². The number of aryl methyl sites for hydroxylation is 1. The van der Waals surface area contributed by atoms with Gasteiger partial charge in [-0.3, -0.25) is 4.79 Å². The standard InChI is InChI=1S/C27H28F2N6O2/c1-15-10-16(4-8-19(15)26(36)33-17-5-6-17)23-13-31-25-22(32-14-27(2,3)30)12-24(34-35(23)25)37-18-7-9-20(28)21(29)11-18/h4,7-13,17,32H,5-6,14,30H2,1-3H3,(H,33,36). The van der Waals surface area contributed by atoms with Gasteiger partial charge in [0.15, 0.2) is 17.3 Å². The van der Waals surface area contributed by atoms with Gasteiger partial charge in [0.05, 0.1) is 17.6 Å². The summed E-state index contributed by atoms with van der Waals surface area (Å²) >= 11 is 0. The van der Waals surface area contributed by atoms with E-state index in [9.17, 15) is 13.6 Å². The molecule has 1 saturated carbocycles. The first-order valence-corrected chi connectivity index (χ1v) is 12.0. The highest BCUT2D eigenvalue weighted by molar-refractivity contribution is 5.96. The number of anilines is 1. The zero-order chi connectivity index (χ0) is 26.3. The van der Waals surface area contributed by atoms with Crippen molar-refractivity contribution in [2.45, 2.75) is 45.2 Å². The SMILES string of the molecule is Cc1cc(-c2cnc3c(NCC(C)(C)N)cc(Oc4ccc(F)c(F)c4)nn23)ccc1C(=O)NC1CC1. The van der Waals surface area contributed by atoms with Crippen LogP contribution in [0.25, 0.3) is 16.9 Å². The van der Waals surface area contributed by atoms with E-state index in [0.29, 0.717) is 29.1 Å². The van der Waals surface area contributed by atoms with Gasteiger partial charge in [0.1, 0.15) is 5.75 Å². The molecule has 0 unspecified atom stereocenters. The summed E-state index contributed by atoms with van der Waals surface area (Å²) in [6, 6.07) is 10.7. The molecule has 1 amide bonds. The molecule has 8 nitrogen and oxygen atoms in total. The molecule has 10 heteroatoms. The molecule has 1 aliphatic rings. The predicted molar refractivity (Wildman–Crippen MR) is 137 cm³/mol. The van der Waals surface area contributed by atoms with Gasteiger partial charge in [-0.25, -0.2) is 18.3 Å². The van der Waals surface area contributed by atoms with Gasteiger partial charge in [0.25, 0.3) is 5.91 Å². The normalized spacial score (nSPS) is 13.6. The van der Waals surface area contributed by atoms with Crippen molar-refractivity contribution < 1.29 is 18.3 Å². The number of rotatable bonds is 8. The van der Waals surface area contributed by atoms with Gasteiger partial charge in [-0.05, 0) is 63.4 Å². The number of ether oxygens (including phenoxy) is 1. The Morgan fingerprint density at radius 2 is 1.95 bits per heavy atom. The summed E-state index contributed by atoms with van der Waals surface area (Å²) in [4.78, 5) is 17.1. The summed E-state index contributed by atoms with van der Waals surface area (Å²) in [7, 11) is 0. The number of nitrogens with zero attached hydrogens (tertiary/aromatic N) is 3. The number of imidazole rings is 1. The lowest BCUT2D eigenvalue weighted by molar-refractivity contribution is 0.0950. The number of aromatic nitrogens is 3. The highest BCUT2D eigenvalue weighted by atomic mass is 19.2. The molecule has 5 rings (SSSR count). The molecule has 4 N–H and O–H groups in total. The Bertz CT molecular complexity index is 1490. The maximum atomic E-state index is 13.8. The van der Waals surface area contributed by atoms with Crippen LogP contribution in [0.15, 0.2) is 48.7 Å². The largest absolute Gasteiger partial charge is 0.437 e. The summed E-state index contributed by atoms with van der Waals surface area (Å²) < 4.78 is 34.5. The van der Waals surface area contributed by atoms with E-state index in [1.54, 1.807) is 22.8 Å². The van der Waals surface area contributed by atoms with Gasteiger partial charge in [-0.1, -0.05) is 6.07 Å². The monoisotopic (exact) mass is 506 g/mol. The van der Waals surface area contributed by atoms with Crippen LogP contribution in [0.1, 0.15) is 42.6 Å². The first-order chi connectivity index (χ1) is 17.6.